The van der Waals surface area contributed by atoms with Gasteiger partial charge < -0.3 is 18.9 Å². The van der Waals surface area contributed by atoms with E-state index < -0.39 is 13.9 Å². The molecule has 0 rings (SSSR count). The standard InChI is InChI=1S/C56H108NO7P/c1-6-8-10-12-14-16-18-20-22-24-26-27-28-29-30-32-34-36-38-40-42-44-46-48-51-61-53-55(54-63-65(59,60)62-52-50-57(3,4)5)64-56(58)49-47-45-43-41-39-37-35-33-31-25-23-21-19-17-15-13-11-9-7-2/h18,20,24,26,28-29,55H,6-17,19,21-23,25,27,30-54H2,1-5H3/p+1/b20-18-,26-24-,29-28-. The highest BCUT2D eigenvalue weighted by Gasteiger charge is 2.26. The first-order valence-corrected chi connectivity index (χ1v) is 29.2. The van der Waals surface area contributed by atoms with E-state index in [1.54, 1.807) is 0 Å². The summed E-state index contributed by atoms with van der Waals surface area (Å²) in [5.74, 6) is -0.311. The molecule has 8 nitrogen and oxygen atoms in total. The van der Waals surface area contributed by atoms with Gasteiger partial charge >= 0.3 is 13.8 Å². The number of carbonyl (C=O) groups excluding carboxylic acids is 1. The van der Waals surface area contributed by atoms with Crippen molar-refractivity contribution in [2.75, 3.05) is 54.1 Å². The molecule has 0 spiro atoms. The number of allylic oxidation sites excluding steroid dienone is 6. The van der Waals surface area contributed by atoms with E-state index in [9.17, 15) is 14.3 Å². The Bertz CT molecular complexity index is 1140. The Morgan fingerprint density at radius 3 is 1.26 bits per heavy atom. The quantitative estimate of drug-likeness (QED) is 0.0214. The number of hydrogen-bond donors (Lipinski definition) is 1. The molecule has 0 amide bonds. The van der Waals surface area contributed by atoms with Crippen LogP contribution in [-0.2, 0) is 27.9 Å². The molecule has 1 N–H and O–H groups in total. The van der Waals surface area contributed by atoms with Gasteiger partial charge in [0, 0.05) is 13.0 Å². The number of likely N-dealkylation sites (N-methyl/N-ethyl adjacent to an activating group) is 1. The summed E-state index contributed by atoms with van der Waals surface area (Å²) in [5, 5.41) is 0. The summed E-state index contributed by atoms with van der Waals surface area (Å²) in [6, 6.07) is 0. The number of nitrogens with zero attached hydrogens (tertiary/aromatic N) is 1. The predicted molar refractivity (Wildman–Crippen MR) is 280 cm³/mol. The summed E-state index contributed by atoms with van der Waals surface area (Å²) in [4.78, 5) is 23.0. The van der Waals surface area contributed by atoms with Gasteiger partial charge in [0.05, 0.1) is 34.4 Å². The lowest BCUT2D eigenvalue weighted by Gasteiger charge is -2.24. The van der Waals surface area contributed by atoms with Crippen LogP contribution in [-0.4, -0.2) is 75.6 Å². The maximum atomic E-state index is 12.8. The molecule has 0 aliphatic rings. The van der Waals surface area contributed by atoms with Crippen molar-refractivity contribution < 1.29 is 37.3 Å². The molecule has 0 aliphatic heterocycles. The zero-order chi connectivity index (χ0) is 47.6. The fourth-order valence-electron chi connectivity index (χ4n) is 7.92. The van der Waals surface area contributed by atoms with E-state index in [1.165, 1.54) is 193 Å². The van der Waals surface area contributed by atoms with Crippen LogP contribution < -0.4 is 0 Å². The van der Waals surface area contributed by atoms with Crippen molar-refractivity contribution in [3.8, 4) is 0 Å². The molecule has 0 heterocycles. The number of esters is 1. The third kappa shape index (κ3) is 53.5. The van der Waals surface area contributed by atoms with Crippen LogP contribution in [0.4, 0.5) is 0 Å². The second-order valence-corrected chi connectivity index (χ2v) is 21.4. The molecule has 0 aliphatic carbocycles. The molecule has 0 fully saturated rings. The minimum absolute atomic E-state index is 0.0888. The molecule has 9 heteroatoms. The third-order valence-corrected chi connectivity index (χ3v) is 13.2. The van der Waals surface area contributed by atoms with Gasteiger partial charge in [0.1, 0.15) is 19.3 Å². The van der Waals surface area contributed by atoms with Gasteiger partial charge in [-0.15, -0.1) is 0 Å². The highest BCUT2D eigenvalue weighted by Crippen LogP contribution is 2.43. The largest absolute Gasteiger partial charge is 0.472 e. The molecule has 0 radical (unpaired) electrons. The van der Waals surface area contributed by atoms with Crippen molar-refractivity contribution >= 4 is 13.8 Å². The van der Waals surface area contributed by atoms with Crippen molar-refractivity contribution in [3.05, 3.63) is 36.5 Å². The molecular weight excluding hydrogens is 830 g/mol. The lowest BCUT2D eigenvalue weighted by atomic mass is 10.0. The zero-order valence-corrected chi connectivity index (χ0v) is 44.6. The third-order valence-electron chi connectivity index (χ3n) is 12.2. The van der Waals surface area contributed by atoms with Crippen LogP contribution in [0.15, 0.2) is 36.5 Å². The average molecular weight is 939 g/mol. The smallest absolute Gasteiger partial charge is 0.457 e. The topological polar surface area (TPSA) is 91.3 Å². The summed E-state index contributed by atoms with van der Waals surface area (Å²) >= 11 is 0. The SMILES string of the molecule is CCCCCCC/C=C\C/C=C\C/C=C\CCCCCCCCCCCOCC(COP(=O)(O)OCC[N+](C)(C)C)OC(=O)CCCCCCCCCCCCCCCCCCCCC. The van der Waals surface area contributed by atoms with Crippen molar-refractivity contribution in [2.24, 2.45) is 0 Å². The van der Waals surface area contributed by atoms with Gasteiger partial charge in [-0.05, 0) is 51.4 Å². The van der Waals surface area contributed by atoms with Crippen molar-refractivity contribution in [1.29, 1.82) is 0 Å². The van der Waals surface area contributed by atoms with Gasteiger partial charge in [-0.1, -0.05) is 237 Å². The first kappa shape index (κ1) is 63.7. The Balaban J connectivity index is 4.09. The Morgan fingerprint density at radius 2 is 0.846 bits per heavy atom. The van der Waals surface area contributed by atoms with E-state index >= 15 is 0 Å². The van der Waals surface area contributed by atoms with E-state index in [4.69, 9.17) is 18.5 Å². The van der Waals surface area contributed by atoms with E-state index in [1.807, 2.05) is 21.1 Å². The van der Waals surface area contributed by atoms with Gasteiger partial charge in [0.2, 0.25) is 0 Å². The van der Waals surface area contributed by atoms with Crippen molar-refractivity contribution in [1.82, 2.24) is 0 Å². The Kier molecular flexibility index (Phi) is 48.2. The van der Waals surface area contributed by atoms with Gasteiger partial charge in [-0.25, -0.2) is 4.57 Å². The first-order valence-electron chi connectivity index (χ1n) is 27.7. The normalized spacial score (nSPS) is 13.8. The second-order valence-electron chi connectivity index (χ2n) is 20.0. The van der Waals surface area contributed by atoms with Crippen LogP contribution >= 0.6 is 7.82 Å². The van der Waals surface area contributed by atoms with E-state index in [0.717, 1.165) is 44.9 Å². The number of phosphoric acid groups is 1. The predicted octanol–water partition coefficient (Wildman–Crippen LogP) is 17.3. The van der Waals surface area contributed by atoms with Crippen LogP contribution in [0.1, 0.15) is 258 Å². The lowest BCUT2D eigenvalue weighted by Crippen LogP contribution is -2.37. The summed E-state index contributed by atoms with van der Waals surface area (Å²) < 4.78 is 35.2. The van der Waals surface area contributed by atoms with Crippen molar-refractivity contribution in [2.45, 2.75) is 264 Å². The summed E-state index contributed by atoms with van der Waals surface area (Å²) in [5.41, 5.74) is 0. The van der Waals surface area contributed by atoms with Crippen LogP contribution in [0.3, 0.4) is 0 Å². The monoisotopic (exact) mass is 939 g/mol. The lowest BCUT2D eigenvalue weighted by molar-refractivity contribution is -0.870. The molecule has 0 saturated heterocycles. The van der Waals surface area contributed by atoms with Gasteiger partial charge in [0.15, 0.2) is 0 Å². The fourth-order valence-corrected chi connectivity index (χ4v) is 8.66. The van der Waals surface area contributed by atoms with Crippen LogP contribution in [0.2, 0.25) is 0 Å². The average Bonchev–Trinajstić information content (AvgIpc) is 3.27. The number of ether oxygens (including phenoxy) is 2. The number of carbonyl (C=O) groups is 1. The molecule has 2 unspecified atom stereocenters. The molecule has 0 aromatic carbocycles. The van der Waals surface area contributed by atoms with Crippen molar-refractivity contribution in [3.63, 3.8) is 0 Å². The first-order chi connectivity index (χ1) is 31.6. The number of hydrogen-bond acceptors (Lipinski definition) is 6. The van der Waals surface area contributed by atoms with Gasteiger partial charge in [0.25, 0.3) is 0 Å². The molecule has 0 aromatic heterocycles. The van der Waals surface area contributed by atoms with Crippen LogP contribution in [0.5, 0.6) is 0 Å². The number of phosphoric ester groups is 1. The molecule has 65 heavy (non-hydrogen) atoms. The highest BCUT2D eigenvalue weighted by molar-refractivity contribution is 7.47. The fraction of sp³-hybridized carbons (Fsp3) is 0.875. The highest BCUT2D eigenvalue weighted by atomic mass is 31.2. The number of unbranched alkanes of at least 4 members (excludes halogenated alkanes) is 32. The molecule has 2 atom stereocenters. The Labute approximate surface area is 404 Å². The number of quaternary nitrogens is 1. The van der Waals surface area contributed by atoms with Gasteiger partial charge in [-0.3, -0.25) is 13.8 Å². The Morgan fingerprint density at radius 1 is 0.477 bits per heavy atom. The zero-order valence-electron chi connectivity index (χ0n) is 43.7. The molecule has 0 aromatic rings. The second kappa shape index (κ2) is 49.2. The molecule has 0 saturated carbocycles. The van der Waals surface area contributed by atoms with Crippen LogP contribution in [0.25, 0.3) is 0 Å². The van der Waals surface area contributed by atoms with Crippen LogP contribution in [0, 0.1) is 0 Å². The Hall–Kier alpha value is -1.28. The van der Waals surface area contributed by atoms with E-state index in [-0.39, 0.29) is 25.8 Å². The summed E-state index contributed by atoms with van der Waals surface area (Å²) in [7, 11) is 1.67. The molecule has 0 bridgehead atoms. The summed E-state index contributed by atoms with van der Waals surface area (Å²) in [6.07, 6.45) is 60.5. The summed E-state index contributed by atoms with van der Waals surface area (Å²) in [6.45, 7) is 5.65. The van der Waals surface area contributed by atoms with E-state index in [2.05, 4.69) is 50.3 Å². The maximum absolute atomic E-state index is 12.8. The maximum Gasteiger partial charge on any atom is 0.472 e. The molecular formula is C56H109NO7P+. The number of rotatable bonds is 52. The van der Waals surface area contributed by atoms with Gasteiger partial charge in [-0.2, -0.15) is 0 Å². The minimum Gasteiger partial charge on any atom is -0.457 e. The minimum atomic E-state index is -4.28. The van der Waals surface area contributed by atoms with E-state index in [0.29, 0.717) is 24.1 Å². The molecule has 384 valence electrons.